The van der Waals surface area contributed by atoms with Crippen LogP contribution in [0.5, 0.6) is 0 Å². The zero-order valence-electron chi connectivity index (χ0n) is 25.6. The first-order chi connectivity index (χ1) is 23.8. The van der Waals surface area contributed by atoms with Crippen LogP contribution in [0.1, 0.15) is 0 Å². The molecule has 0 unspecified atom stereocenters. The van der Waals surface area contributed by atoms with Gasteiger partial charge in [-0.3, -0.25) is 4.98 Å². The zero-order valence-corrected chi connectivity index (χ0v) is 25.6. The summed E-state index contributed by atoms with van der Waals surface area (Å²) in [5.41, 5.74) is 8.52. The quantitative estimate of drug-likeness (QED) is 0.197. The van der Waals surface area contributed by atoms with Crippen molar-refractivity contribution in [1.82, 2.24) is 24.5 Å². The molecule has 0 fully saturated rings. The second-order valence-electron chi connectivity index (χ2n) is 11.9. The van der Waals surface area contributed by atoms with Crippen LogP contribution in [0.3, 0.4) is 0 Å². The highest BCUT2D eigenvalue weighted by molar-refractivity contribution is 6.10. The van der Waals surface area contributed by atoms with Crippen molar-refractivity contribution >= 4 is 54.6 Å². The fraction of sp³-hybridized carbons (Fsp3) is 0. The number of hydrogen-bond acceptors (Lipinski definition) is 5. The predicted molar refractivity (Wildman–Crippen MR) is 193 cm³/mol. The van der Waals surface area contributed by atoms with Crippen LogP contribution >= 0.6 is 0 Å². The predicted octanol–water partition coefficient (Wildman–Crippen LogP) is 10.4. The van der Waals surface area contributed by atoms with Crippen LogP contribution in [0.25, 0.3) is 94.5 Å². The van der Waals surface area contributed by atoms with E-state index in [1.807, 2.05) is 60.7 Å². The van der Waals surface area contributed by atoms with Gasteiger partial charge in [0, 0.05) is 44.4 Å². The van der Waals surface area contributed by atoms with E-state index in [0.717, 1.165) is 55.2 Å². The summed E-state index contributed by atoms with van der Waals surface area (Å²) in [6.45, 7) is 0. The van der Waals surface area contributed by atoms with Gasteiger partial charge in [-0.1, -0.05) is 97.1 Å². The first-order valence-electron chi connectivity index (χ1n) is 15.9. The van der Waals surface area contributed by atoms with Gasteiger partial charge in [-0.15, -0.1) is 0 Å². The summed E-state index contributed by atoms with van der Waals surface area (Å²) in [5.74, 6) is 1.80. The summed E-state index contributed by atoms with van der Waals surface area (Å²) in [5, 5.41) is 5.69. The largest absolute Gasteiger partial charge is 0.454 e. The summed E-state index contributed by atoms with van der Waals surface area (Å²) in [4.78, 5) is 19.5. The van der Waals surface area contributed by atoms with Crippen molar-refractivity contribution < 1.29 is 4.42 Å². The minimum atomic E-state index is 0.577. The smallest absolute Gasteiger partial charge is 0.164 e. The molecular formula is C42H25N5O. The van der Waals surface area contributed by atoms with E-state index < -0.39 is 0 Å². The van der Waals surface area contributed by atoms with E-state index in [2.05, 4.69) is 94.5 Å². The second-order valence-corrected chi connectivity index (χ2v) is 11.9. The molecule has 0 bridgehead atoms. The SMILES string of the molecule is c1ccc(-c2nc(-c3ccc4c(-n5c6ccccc6c6ccccc65)cccc4c3)nc(-c3ccc4c(c3)oc3cccnc34)n2)cc1. The van der Waals surface area contributed by atoms with Crippen LogP contribution < -0.4 is 0 Å². The fourth-order valence-electron chi connectivity index (χ4n) is 6.87. The number of fused-ring (bicyclic) bond motifs is 7. The van der Waals surface area contributed by atoms with E-state index >= 15 is 0 Å². The molecule has 48 heavy (non-hydrogen) atoms. The van der Waals surface area contributed by atoms with E-state index in [-0.39, 0.29) is 0 Å². The Bertz CT molecular complexity index is 2800. The topological polar surface area (TPSA) is 69.6 Å². The summed E-state index contributed by atoms with van der Waals surface area (Å²) >= 11 is 0. The van der Waals surface area contributed by atoms with Crippen LogP contribution in [0.15, 0.2) is 156 Å². The van der Waals surface area contributed by atoms with E-state index in [1.54, 1.807) is 6.20 Å². The van der Waals surface area contributed by atoms with Gasteiger partial charge in [-0.2, -0.15) is 0 Å². The Hall–Kier alpha value is -6.66. The van der Waals surface area contributed by atoms with Crippen molar-refractivity contribution in [3.63, 3.8) is 0 Å². The highest BCUT2D eigenvalue weighted by atomic mass is 16.3. The lowest BCUT2D eigenvalue weighted by molar-refractivity contribution is 0.668. The molecule has 4 aromatic heterocycles. The van der Waals surface area contributed by atoms with Crippen LogP contribution in [-0.2, 0) is 0 Å². The normalized spacial score (nSPS) is 11.8. The third-order valence-electron chi connectivity index (χ3n) is 9.09. The average Bonchev–Trinajstić information content (AvgIpc) is 3.70. The Balaban J connectivity index is 1.15. The summed E-state index contributed by atoms with van der Waals surface area (Å²) < 4.78 is 8.52. The number of pyridine rings is 1. The Morgan fingerprint density at radius 3 is 1.83 bits per heavy atom. The molecule has 0 atom stereocenters. The molecule has 10 aromatic rings. The highest BCUT2D eigenvalue weighted by Gasteiger charge is 2.17. The molecule has 0 aliphatic rings. The summed E-state index contributed by atoms with van der Waals surface area (Å²) in [6.07, 6.45) is 1.78. The average molecular weight is 616 g/mol. The van der Waals surface area contributed by atoms with Gasteiger partial charge >= 0.3 is 0 Å². The molecule has 0 aliphatic carbocycles. The zero-order chi connectivity index (χ0) is 31.6. The van der Waals surface area contributed by atoms with E-state index in [0.29, 0.717) is 17.5 Å². The molecule has 4 heterocycles. The van der Waals surface area contributed by atoms with Crippen molar-refractivity contribution in [1.29, 1.82) is 0 Å². The van der Waals surface area contributed by atoms with Crippen molar-refractivity contribution in [2.24, 2.45) is 0 Å². The Kier molecular flexibility index (Phi) is 5.77. The van der Waals surface area contributed by atoms with Gasteiger partial charge in [0.1, 0.15) is 11.1 Å². The third-order valence-corrected chi connectivity index (χ3v) is 9.09. The minimum absolute atomic E-state index is 0.577. The summed E-state index contributed by atoms with van der Waals surface area (Å²) in [7, 11) is 0. The molecule has 6 heteroatoms. The second kappa shape index (κ2) is 10.4. The Morgan fingerprint density at radius 2 is 1.08 bits per heavy atom. The number of benzene rings is 6. The molecule has 0 N–H and O–H groups in total. The molecule has 6 nitrogen and oxygen atoms in total. The molecule has 0 amide bonds. The van der Waals surface area contributed by atoms with E-state index in [9.17, 15) is 0 Å². The maximum atomic E-state index is 6.15. The van der Waals surface area contributed by atoms with Crippen LogP contribution in [-0.4, -0.2) is 24.5 Å². The van der Waals surface area contributed by atoms with Crippen molar-refractivity contribution in [2.75, 3.05) is 0 Å². The summed E-state index contributed by atoms with van der Waals surface area (Å²) in [6, 6.07) is 50.0. The number of hydrogen-bond donors (Lipinski definition) is 0. The van der Waals surface area contributed by atoms with Gasteiger partial charge in [-0.05, 0) is 53.9 Å². The number of aromatic nitrogens is 5. The van der Waals surface area contributed by atoms with Gasteiger partial charge in [0.05, 0.1) is 16.7 Å². The first kappa shape index (κ1) is 26.5. The molecule has 6 aromatic carbocycles. The molecule has 0 spiro atoms. The van der Waals surface area contributed by atoms with Gasteiger partial charge in [0.25, 0.3) is 0 Å². The van der Waals surface area contributed by atoms with Crippen LogP contribution in [0.4, 0.5) is 0 Å². The molecule has 10 rings (SSSR count). The maximum Gasteiger partial charge on any atom is 0.164 e. The van der Waals surface area contributed by atoms with Gasteiger partial charge in [-0.25, -0.2) is 15.0 Å². The lowest BCUT2D eigenvalue weighted by atomic mass is 10.0. The molecule has 0 saturated carbocycles. The number of para-hydroxylation sites is 2. The number of furan rings is 1. The highest BCUT2D eigenvalue weighted by Crippen LogP contribution is 2.36. The van der Waals surface area contributed by atoms with E-state index in [1.165, 1.54) is 21.8 Å². The molecule has 0 radical (unpaired) electrons. The third kappa shape index (κ3) is 4.13. The van der Waals surface area contributed by atoms with Crippen molar-refractivity contribution in [3.05, 3.63) is 152 Å². The number of nitrogens with zero attached hydrogens (tertiary/aromatic N) is 5. The van der Waals surface area contributed by atoms with Crippen molar-refractivity contribution in [2.45, 2.75) is 0 Å². The molecule has 0 saturated heterocycles. The lowest BCUT2D eigenvalue weighted by Crippen LogP contribution is -2.00. The lowest BCUT2D eigenvalue weighted by Gasteiger charge is -2.13. The Morgan fingerprint density at radius 1 is 0.438 bits per heavy atom. The number of rotatable bonds is 4. The van der Waals surface area contributed by atoms with Gasteiger partial charge < -0.3 is 8.98 Å². The Labute approximate surface area is 274 Å². The van der Waals surface area contributed by atoms with Gasteiger partial charge in [0.2, 0.25) is 0 Å². The monoisotopic (exact) mass is 615 g/mol. The standard InChI is InChI=1S/C42H25N5O/c1-2-10-26(11-3-1)40-44-41(46-42(45-40)29-20-22-33-38(25-29)48-37-18-9-23-43-39(33)37)28-19-21-30-27(24-28)12-8-17-34(30)47-35-15-6-4-13-31(35)32-14-5-7-16-36(32)47/h1-25H. The van der Waals surface area contributed by atoms with Crippen molar-refractivity contribution in [3.8, 4) is 39.9 Å². The molecular weight excluding hydrogens is 590 g/mol. The molecule has 224 valence electrons. The van der Waals surface area contributed by atoms with E-state index in [4.69, 9.17) is 19.4 Å². The molecule has 0 aliphatic heterocycles. The van der Waals surface area contributed by atoms with Crippen LogP contribution in [0.2, 0.25) is 0 Å². The fourth-order valence-corrected chi connectivity index (χ4v) is 6.87. The maximum absolute atomic E-state index is 6.15. The van der Waals surface area contributed by atoms with Crippen LogP contribution in [0, 0.1) is 0 Å². The van der Waals surface area contributed by atoms with Gasteiger partial charge in [0.15, 0.2) is 23.1 Å². The minimum Gasteiger partial charge on any atom is -0.454 e. The first-order valence-corrected chi connectivity index (χ1v) is 15.9.